The molecule has 19 heavy (non-hydrogen) atoms. The minimum absolute atomic E-state index is 0.213. The lowest BCUT2D eigenvalue weighted by atomic mass is 10.3. The molecule has 106 valence electrons. The van der Waals surface area contributed by atoms with Crippen molar-refractivity contribution in [2.45, 2.75) is 6.42 Å². The summed E-state index contributed by atoms with van der Waals surface area (Å²) in [6, 6.07) is 0. The van der Waals surface area contributed by atoms with Crippen molar-refractivity contribution in [3.63, 3.8) is 0 Å². The van der Waals surface area contributed by atoms with Gasteiger partial charge in [0.15, 0.2) is 0 Å². The standard InChI is InChI=1S/C12H18N2O5/c1-16-6-7-18-4-3-5-19-11-10(12(15)17-2)8-13-9-14-11/h8-9H,3-7H2,1-2H3. The topological polar surface area (TPSA) is 79.8 Å². The van der Waals surface area contributed by atoms with Gasteiger partial charge >= 0.3 is 5.97 Å². The summed E-state index contributed by atoms with van der Waals surface area (Å²) in [6.07, 6.45) is 3.37. The zero-order chi connectivity index (χ0) is 13.9. The molecule has 0 fully saturated rings. The van der Waals surface area contributed by atoms with E-state index in [1.807, 2.05) is 0 Å². The van der Waals surface area contributed by atoms with E-state index < -0.39 is 5.97 Å². The summed E-state index contributed by atoms with van der Waals surface area (Å²) in [5, 5.41) is 0. The van der Waals surface area contributed by atoms with Crippen LogP contribution in [0, 0.1) is 0 Å². The summed E-state index contributed by atoms with van der Waals surface area (Å²) in [5.41, 5.74) is 0.213. The number of esters is 1. The molecule has 0 aromatic carbocycles. The first kappa shape index (κ1) is 15.3. The van der Waals surface area contributed by atoms with Crippen LogP contribution in [-0.4, -0.2) is 56.6 Å². The summed E-state index contributed by atoms with van der Waals surface area (Å²) in [7, 11) is 2.92. The van der Waals surface area contributed by atoms with E-state index in [1.165, 1.54) is 19.6 Å². The zero-order valence-corrected chi connectivity index (χ0v) is 11.1. The summed E-state index contributed by atoms with van der Waals surface area (Å²) in [6.45, 7) is 2.08. The Balaban J connectivity index is 2.31. The van der Waals surface area contributed by atoms with Crippen molar-refractivity contribution in [2.75, 3.05) is 40.6 Å². The second-order valence-corrected chi connectivity index (χ2v) is 3.54. The molecule has 0 spiro atoms. The van der Waals surface area contributed by atoms with Crippen molar-refractivity contribution in [3.05, 3.63) is 18.1 Å². The maximum Gasteiger partial charge on any atom is 0.344 e. The van der Waals surface area contributed by atoms with Gasteiger partial charge in [0.05, 0.1) is 26.9 Å². The molecular formula is C12H18N2O5. The number of carbonyl (C=O) groups is 1. The fourth-order valence-electron chi connectivity index (χ4n) is 1.26. The number of hydrogen-bond donors (Lipinski definition) is 0. The maximum absolute atomic E-state index is 11.4. The maximum atomic E-state index is 11.4. The van der Waals surface area contributed by atoms with Crippen molar-refractivity contribution in [1.82, 2.24) is 9.97 Å². The van der Waals surface area contributed by atoms with E-state index in [0.717, 1.165) is 0 Å². The van der Waals surface area contributed by atoms with Gasteiger partial charge in [-0.05, 0) is 0 Å². The number of hydrogen-bond acceptors (Lipinski definition) is 7. The number of nitrogens with zero attached hydrogens (tertiary/aromatic N) is 2. The highest BCUT2D eigenvalue weighted by Gasteiger charge is 2.14. The lowest BCUT2D eigenvalue weighted by Crippen LogP contribution is -2.11. The third-order valence-electron chi connectivity index (χ3n) is 2.18. The second kappa shape index (κ2) is 9.23. The first-order valence-corrected chi connectivity index (χ1v) is 5.87. The van der Waals surface area contributed by atoms with Crippen molar-refractivity contribution < 1.29 is 23.7 Å². The average molecular weight is 270 g/mol. The van der Waals surface area contributed by atoms with E-state index in [-0.39, 0.29) is 11.4 Å². The number of carbonyl (C=O) groups excluding carboxylic acids is 1. The van der Waals surface area contributed by atoms with Gasteiger partial charge in [0.1, 0.15) is 11.9 Å². The number of aromatic nitrogens is 2. The Bertz CT molecular complexity index is 386. The molecule has 0 unspecified atom stereocenters. The van der Waals surface area contributed by atoms with Gasteiger partial charge < -0.3 is 18.9 Å². The molecule has 0 N–H and O–H groups in total. The Morgan fingerprint density at radius 3 is 2.79 bits per heavy atom. The smallest absolute Gasteiger partial charge is 0.344 e. The number of methoxy groups -OCH3 is 2. The molecule has 7 heteroatoms. The van der Waals surface area contributed by atoms with Crippen molar-refractivity contribution in [2.24, 2.45) is 0 Å². The van der Waals surface area contributed by atoms with Crippen LogP contribution < -0.4 is 4.74 Å². The van der Waals surface area contributed by atoms with Crippen LogP contribution in [0.5, 0.6) is 5.88 Å². The number of rotatable bonds is 9. The van der Waals surface area contributed by atoms with Gasteiger partial charge in [-0.15, -0.1) is 0 Å². The molecule has 0 aliphatic heterocycles. The molecule has 0 aliphatic rings. The minimum Gasteiger partial charge on any atom is -0.477 e. The lowest BCUT2D eigenvalue weighted by Gasteiger charge is -2.08. The average Bonchev–Trinajstić information content (AvgIpc) is 2.46. The normalized spacial score (nSPS) is 10.2. The minimum atomic E-state index is -0.521. The van der Waals surface area contributed by atoms with Gasteiger partial charge in [-0.25, -0.2) is 14.8 Å². The molecule has 1 aromatic rings. The molecule has 0 amide bonds. The molecular weight excluding hydrogens is 252 g/mol. The van der Waals surface area contributed by atoms with Crippen molar-refractivity contribution >= 4 is 5.97 Å². The molecule has 0 aliphatic carbocycles. The van der Waals surface area contributed by atoms with Gasteiger partial charge in [0, 0.05) is 26.3 Å². The van der Waals surface area contributed by atoms with Crippen LogP contribution >= 0.6 is 0 Å². The van der Waals surface area contributed by atoms with Crippen LogP contribution in [-0.2, 0) is 14.2 Å². The first-order chi connectivity index (χ1) is 9.29. The molecule has 0 saturated carbocycles. The van der Waals surface area contributed by atoms with E-state index in [0.29, 0.717) is 32.8 Å². The molecule has 1 aromatic heterocycles. The fourth-order valence-corrected chi connectivity index (χ4v) is 1.26. The van der Waals surface area contributed by atoms with Crippen LogP contribution in [0.15, 0.2) is 12.5 Å². The Morgan fingerprint density at radius 1 is 1.21 bits per heavy atom. The van der Waals surface area contributed by atoms with Crippen LogP contribution in [0.25, 0.3) is 0 Å². The highest BCUT2D eigenvalue weighted by molar-refractivity contribution is 5.91. The Labute approximate surface area is 111 Å². The molecule has 0 atom stereocenters. The van der Waals surface area contributed by atoms with E-state index in [4.69, 9.17) is 14.2 Å². The fraction of sp³-hybridized carbons (Fsp3) is 0.583. The zero-order valence-electron chi connectivity index (χ0n) is 11.1. The summed E-state index contributed by atoms with van der Waals surface area (Å²) < 4.78 is 20.1. The van der Waals surface area contributed by atoms with E-state index in [9.17, 15) is 4.79 Å². The molecule has 1 rings (SSSR count). The monoisotopic (exact) mass is 270 g/mol. The molecule has 7 nitrogen and oxygen atoms in total. The quantitative estimate of drug-likeness (QED) is 0.482. The lowest BCUT2D eigenvalue weighted by molar-refractivity contribution is 0.0586. The molecule has 1 heterocycles. The van der Waals surface area contributed by atoms with Crippen LogP contribution in [0.1, 0.15) is 16.8 Å². The van der Waals surface area contributed by atoms with E-state index >= 15 is 0 Å². The number of ether oxygens (including phenoxy) is 4. The SMILES string of the molecule is COCCOCCCOc1ncncc1C(=O)OC. The first-order valence-electron chi connectivity index (χ1n) is 5.87. The van der Waals surface area contributed by atoms with E-state index in [1.54, 1.807) is 7.11 Å². The highest BCUT2D eigenvalue weighted by Crippen LogP contribution is 2.14. The third kappa shape index (κ3) is 5.62. The van der Waals surface area contributed by atoms with Crippen LogP contribution in [0.2, 0.25) is 0 Å². The van der Waals surface area contributed by atoms with Crippen LogP contribution in [0.3, 0.4) is 0 Å². The Hall–Kier alpha value is -1.73. The third-order valence-corrected chi connectivity index (χ3v) is 2.18. The van der Waals surface area contributed by atoms with Crippen molar-refractivity contribution in [1.29, 1.82) is 0 Å². The second-order valence-electron chi connectivity index (χ2n) is 3.54. The summed E-state index contributed by atoms with van der Waals surface area (Å²) >= 11 is 0. The van der Waals surface area contributed by atoms with Gasteiger partial charge in [0.25, 0.3) is 0 Å². The van der Waals surface area contributed by atoms with E-state index in [2.05, 4.69) is 14.7 Å². The van der Waals surface area contributed by atoms with Gasteiger partial charge in [-0.3, -0.25) is 0 Å². The van der Waals surface area contributed by atoms with Gasteiger partial charge in [-0.1, -0.05) is 0 Å². The predicted molar refractivity (Wildman–Crippen MR) is 66.2 cm³/mol. The largest absolute Gasteiger partial charge is 0.477 e. The summed E-state index contributed by atoms with van der Waals surface area (Å²) in [4.78, 5) is 19.1. The Kier molecular flexibility index (Phi) is 7.45. The highest BCUT2D eigenvalue weighted by atomic mass is 16.5. The van der Waals surface area contributed by atoms with Gasteiger partial charge in [0.2, 0.25) is 5.88 Å². The van der Waals surface area contributed by atoms with Crippen LogP contribution in [0.4, 0.5) is 0 Å². The van der Waals surface area contributed by atoms with Crippen molar-refractivity contribution in [3.8, 4) is 5.88 Å². The summed E-state index contributed by atoms with van der Waals surface area (Å²) in [5.74, 6) is -0.300. The van der Waals surface area contributed by atoms with Gasteiger partial charge in [-0.2, -0.15) is 0 Å². The molecule has 0 bridgehead atoms. The predicted octanol–water partition coefficient (Wildman–Crippen LogP) is 0.695. The molecule has 0 radical (unpaired) electrons. The molecule has 0 saturated heterocycles. The Morgan fingerprint density at radius 2 is 2.05 bits per heavy atom.